The van der Waals surface area contributed by atoms with Crippen LogP contribution in [0.4, 0.5) is 0 Å². The molecule has 1 rings (SSSR count). The third-order valence-electron chi connectivity index (χ3n) is 3.27. The lowest BCUT2D eigenvalue weighted by Gasteiger charge is -2.37. The Balaban J connectivity index is 2.39. The number of hydrogen-bond acceptors (Lipinski definition) is 2. The molecule has 84 valence electrons. The summed E-state index contributed by atoms with van der Waals surface area (Å²) in [6.07, 6.45) is 5.46. The number of rotatable bonds is 5. The van der Waals surface area contributed by atoms with Crippen molar-refractivity contribution in [1.29, 1.82) is 0 Å². The Labute approximate surface area is 89.1 Å². The Morgan fingerprint density at radius 1 is 1.50 bits per heavy atom. The number of nitrogens with zero attached hydrogens (tertiary/aromatic N) is 1. The van der Waals surface area contributed by atoms with Crippen molar-refractivity contribution in [3.63, 3.8) is 0 Å². The summed E-state index contributed by atoms with van der Waals surface area (Å²) < 4.78 is 0. The van der Waals surface area contributed by atoms with Crippen molar-refractivity contribution in [2.75, 3.05) is 26.7 Å². The van der Waals surface area contributed by atoms with Gasteiger partial charge in [0, 0.05) is 19.1 Å². The molecule has 0 aromatic carbocycles. The van der Waals surface area contributed by atoms with E-state index in [1.165, 1.54) is 38.8 Å². The largest absolute Gasteiger partial charge is 0.318 e. The highest BCUT2D eigenvalue weighted by molar-refractivity contribution is 4.78. The van der Waals surface area contributed by atoms with E-state index < -0.39 is 0 Å². The fourth-order valence-corrected chi connectivity index (χ4v) is 2.54. The predicted octanol–water partition coefficient (Wildman–Crippen LogP) is 2.11. The van der Waals surface area contributed by atoms with Crippen molar-refractivity contribution in [1.82, 2.24) is 10.2 Å². The summed E-state index contributed by atoms with van der Waals surface area (Å²) in [5, 5.41) is 3.32. The van der Waals surface area contributed by atoms with Gasteiger partial charge < -0.3 is 5.32 Å². The van der Waals surface area contributed by atoms with Crippen LogP contribution in [0.3, 0.4) is 0 Å². The molecule has 1 aliphatic heterocycles. The third-order valence-corrected chi connectivity index (χ3v) is 3.27. The minimum Gasteiger partial charge on any atom is -0.318 e. The summed E-state index contributed by atoms with van der Waals surface area (Å²) >= 11 is 0. The monoisotopic (exact) mass is 198 g/mol. The Bertz CT molecular complexity index is 139. The van der Waals surface area contributed by atoms with Gasteiger partial charge in [0.15, 0.2) is 0 Å². The minimum atomic E-state index is 0.771. The summed E-state index contributed by atoms with van der Waals surface area (Å²) in [6.45, 7) is 8.45. The van der Waals surface area contributed by atoms with Gasteiger partial charge in [-0.3, -0.25) is 4.90 Å². The smallest absolute Gasteiger partial charge is 0.0220 e. The summed E-state index contributed by atoms with van der Waals surface area (Å²) in [5.41, 5.74) is 0. The van der Waals surface area contributed by atoms with E-state index in [-0.39, 0.29) is 0 Å². The van der Waals surface area contributed by atoms with E-state index in [2.05, 4.69) is 31.1 Å². The molecule has 0 radical (unpaired) electrons. The fourth-order valence-electron chi connectivity index (χ4n) is 2.54. The average molecular weight is 198 g/mol. The molecular formula is C12H26N2. The van der Waals surface area contributed by atoms with Crippen molar-refractivity contribution in [3.05, 3.63) is 0 Å². The molecule has 1 heterocycles. The summed E-state index contributed by atoms with van der Waals surface area (Å²) in [6, 6.07) is 0.771. The van der Waals surface area contributed by atoms with E-state index in [4.69, 9.17) is 0 Å². The Morgan fingerprint density at radius 3 is 2.86 bits per heavy atom. The van der Waals surface area contributed by atoms with Crippen LogP contribution in [0, 0.1) is 5.92 Å². The quantitative estimate of drug-likeness (QED) is 0.728. The van der Waals surface area contributed by atoms with Gasteiger partial charge in [-0.25, -0.2) is 0 Å². The van der Waals surface area contributed by atoms with Crippen LogP contribution in [0.25, 0.3) is 0 Å². The highest BCUT2D eigenvalue weighted by Crippen LogP contribution is 2.19. The Morgan fingerprint density at radius 2 is 2.29 bits per heavy atom. The maximum atomic E-state index is 3.32. The second-order valence-electron chi connectivity index (χ2n) is 4.74. The van der Waals surface area contributed by atoms with E-state index >= 15 is 0 Å². The first-order chi connectivity index (χ1) is 6.77. The lowest BCUT2D eigenvalue weighted by molar-refractivity contribution is 0.122. The number of nitrogens with one attached hydrogen (secondary N) is 1. The molecule has 14 heavy (non-hydrogen) atoms. The van der Waals surface area contributed by atoms with Crippen LogP contribution in [-0.4, -0.2) is 37.6 Å². The molecule has 0 saturated carbocycles. The van der Waals surface area contributed by atoms with Gasteiger partial charge in [0.25, 0.3) is 0 Å². The van der Waals surface area contributed by atoms with Crippen molar-refractivity contribution >= 4 is 0 Å². The molecule has 0 aromatic heterocycles. The second-order valence-corrected chi connectivity index (χ2v) is 4.74. The molecule has 0 aromatic rings. The van der Waals surface area contributed by atoms with E-state index in [1.807, 2.05) is 0 Å². The molecule has 0 amide bonds. The standard InChI is InChI=1S/C12H26N2/c1-4-6-12(9-13-3)14-8-5-7-11(2)10-14/h11-13H,4-10H2,1-3H3. The molecule has 2 atom stereocenters. The maximum Gasteiger partial charge on any atom is 0.0220 e. The third kappa shape index (κ3) is 3.58. The molecule has 0 spiro atoms. The highest BCUT2D eigenvalue weighted by atomic mass is 15.2. The van der Waals surface area contributed by atoms with Crippen LogP contribution >= 0.6 is 0 Å². The average Bonchev–Trinajstić information content (AvgIpc) is 2.17. The van der Waals surface area contributed by atoms with Crippen molar-refractivity contribution < 1.29 is 0 Å². The predicted molar refractivity (Wildman–Crippen MR) is 62.6 cm³/mol. The number of piperidine rings is 1. The van der Waals surface area contributed by atoms with Crippen molar-refractivity contribution in [3.8, 4) is 0 Å². The van der Waals surface area contributed by atoms with Crippen LogP contribution in [0.15, 0.2) is 0 Å². The Kier molecular flexibility index (Phi) is 5.49. The molecule has 2 unspecified atom stereocenters. The second kappa shape index (κ2) is 6.41. The SMILES string of the molecule is CCCC(CNC)N1CCCC(C)C1. The zero-order valence-electron chi connectivity index (χ0n) is 10.1. The van der Waals surface area contributed by atoms with Gasteiger partial charge in [0.2, 0.25) is 0 Å². The summed E-state index contributed by atoms with van der Waals surface area (Å²) in [7, 11) is 2.07. The molecule has 2 nitrogen and oxygen atoms in total. The van der Waals surface area contributed by atoms with Gasteiger partial charge >= 0.3 is 0 Å². The lowest BCUT2D eigenvalue weighted by Crippen LogP contribution is -2.46. The number of hydrogen-bond donors (Lipinski definition) is 1. The highest BCUT2D eigenvalue weighted by Gasteiger charge is 2.22. The van der Waals surface area contributed by atoms with Crippen molar-refractivity contribution in [2.45, 2.75) is 45.6 Å². The van der Waals surface area contributed by atoms with Crippen LogP contribution in [0.5, 0.6) is 0 Å². The topological polar surface area (TPSA) is 15.3 Å². The molecular weight excluding hydrogens is 172 g/mol. The van der Waals surface area contributed by atoms with Gasteiger partial charge in [0.05, 0.1) is 0 Å². The molecule has 1 saturated heterocycles. The van der Waals surface area contributed by atoms with Crippen LogP contribution in [0.2, 0.25) is 0 Å². The summed E-state index contributed by atoms with van der Waals surface area (Å²) in [5.74, 6) is 0.903. The van der Waals surface area contributed by atoms with Gasteiger partial charge in [-0.05, 0) is 38.8 Å². The lowest BCUT2D eigenvalue weighted by atomic mass is 9.97. The fraction of sp³-hybridized carbons (Fsp3) is 1.00. The zero-order chi connectivity index (χ0) is 10.4. The molecule has 1 aliphatic rings. The van der Waals surface area contributed by atoms with Crippen LogP contribution in [-0.2, 0) is 0 Å². The number of likely N-dealkylation sites (N-methyl/N-ethyl adjacent to an activating group) is 1. The first-order valence-corrected chi connectivity index (χ1v) is 6.16. The van der Waals surface area contributed by atoms with E-state index in [0.717, 1.165) is 18.5 Å². The van der Waals surface area contributed by atoms with E-state index in [0.29, 0.717) is 0 Å². The maximum absolute atomic E-state index is 3.32. The van der Waals surface area contributed by atoms with Crippen LogP contribution < -0.4 is 5.32 Å². The summed E-state index contributed by atoms with van der Waals surface area (Å²) in [4.78, 5) is 2.69. The first kappa shape index (κ1) is 12.0. The van der Waals surface area contributed by atoms with Gasteiger partial charge in [-0.1, -0.05) is 20.3 Å². The first-order valence-electron chi connectivity index (χ1n) is 6.16. The van der Waals surface area contributed by atoms with Gasteiger partial charge in [0.1, 0.15) is 0 Å². The normalized spacial score (nSPS) is 26.4. The minimum absolute atomic E-state index is 0.771. The molecule has 0 bridgehead atoms. The van der Waals surface area contributed by atoms with E-state index in [1.54, 1.807) is 0 Å². The van der Waals surface area contributed by atoms with Crippen molar-refractivity contribution in [2.24, 2.45) is 5.92 Å². The van der Waals surface area contributed by atoms with Gasteiger partial charge in [-0.2, -0.15) is 0 Å². The Hall–Kier alpha value is -0.0800. The van der Waals surface area contributed by atoms with Gasteiger partial charge in [-0.15, -0.1) is 0 Å². The molecule has 2 heteroatoms. The van der Waals surface area contributed by atoms with E-state index in [9.17, 15) is 0 Å². The zero-order valence-corrected chi connectivity index (χ0v) is 10.1. The molecule has 1 fully saturated rings. The molecule has 0 aliphatic carbocycles. The number of likely N-dealkylation sites (tertiary alicyclic amines) is 1. The molecule has 1 N–H and O–H groups in total. The van der Waals surface area contributed by atoms with Crippen LogP contribution in [0.1, 0.15) is 39.5 Å².